The summed E-state index contributed by atoms with van der Waals surface area (Å²) in [6.45, 7) is 3.19. The lowest BCUT2D eigenvalue weighted by atomic mass is 9.98. The van der Waals surface area contributed by atoms with Crippen LogP contribution in [0.25, 0.3) is 22.4 Å². The van der Waals surface area contributed by atoms with E-state index in [1.54, 1.807) is 31.4 Å². The van der Waals surface area contributed by atoms with Crippen LogP contribution in [-0.2, 0) is 4.74 Å². The van der Waals surface area contributed by atoms with Crippen LogP contribution in [0.1, 0.15) is 12.5 Å². The second-order valence-electron chi connectivity index (χ2n) is 6.17. The molecule has 0 bridgehead atoms. The highest BCUT2D eigenvalue weighted by molar-refractivity contribution is 5.78. The molecule has 0 radical (unpaired) electrons. The zero-order valence-electron chi connectivity index (χ0n) is 16.4. The number of pyridine rings is 1. The summed E-state index contributed by atoms with van der Waals surface area (Å²) in [6.07, 6.45) is 0. The molecule has 0 fully saturated rings. The summed E-state index contributed by atoms with van der Waals surface area (Å²) in [5, 5.41) is 19.4. The lowest BCUT2D eigenvalue weighted by molar-refractivity contribution is 0.108. The first kappa shape index (κ1) is 20.2. The zero-order chi connectivity index (χ0) is 20.6. The van der Waals surface area contributed by atoms with Crippen molar-refractivity contribution in [2.24, 2.45) is 0 Å². The molecule has 6 heteroatoms. The van der Waals surface area contributed by atoms with Gasteiger partial charge in [-0.3, -0.25) is 0 Å². The third-order valence-electron chi connectivity index (χ3n) is 4.33. The van der Waals surface area contributed by atoms with Gasteiger partial charge in [0.15, 0.2) is 0 Å². The highest BCUT2D eigenvalue weighted by atomic mass is 16.5. The van der Waals surface area contributed by atoms with Crippen molar-refractivity contribution in [2.45, 2.75) is 6.92 Å². The molecule has 0 aliphatic rings. The molecule has 0 unspecified atom stereocenters. The summed E-state index contributed by atoms with van der Waals surface area (Å²) in [7, 11) is 1.61. The summed E-state index contributed by atoms with van der Waals surface area (Å²) < 4.78 is 16.3. The third kappa shape index (κ3) is 4.84. The quantitative estimate of drug-likeness (QED) is 0.573. The molecule has 2 aromatic carbocycles. The van der Waals surface area contributed by atoms with Gasteiger partial charge in [-0.1, -0.05) is 12.1 Å². The maximum Gasteiger partial charge on any atom is 0.232 e. The van der Waals surface area contributed by atoms with Gasteiger partial charge >= 0.3 is 0 Å². The van der Waals surface area contributed by atoms with Gasteiger partial charge in [-0.15, -0.1) is 0 Å². The van der Waals surface area contributed by atoms with E-state index < -0.39 is 0 Å². The number of phenols is 1. The predicted molar refractivity (Wildman–Crippen MR) is 110 cm³/mol. The second kappa shape index (κ2) is 9.58. The Morgan fingerprint density at radius 2 is 1.69 bits per heavy atom. The number of hydrogen-bond acceptors (Lipinski definition) is 6. The standard InChI is InChI=1S/C23H22N2O4/c1-3-28-12-13-29-23-21(15-24)20(16-4-8-18(26)9-5-16)14-22(25-23)17-6-10-19(27-2)11-7-17/h4-11,14,26H,3,12-13H2,1-2H3. The fourth-order valence-corrected chi connectivity index (χ4v) is 2.85. The number of ether oxygens (including phenoxy) is 3. The topological polar surface area (TPSA) is 84.6 Å². The second-order valence-corrected chi connectivity index (χ2v) is 6.17. The van der Waals surface area contributed by atoms with Gasteiger partial charge in [0.2, 0.25) is 5.88 Å². The average molecular weight is 390 g/mol. The Morgan fingerprint density at radius 1 is 1.00 bits per heavy atom. The van der Waals surface area contributed by atoms with E-state index in [1.807, 2.05) is 37.3 Å². The van der Waals surface area contributed by atoms with Crippen LogP contribution >= 0.6 is 0 Å². The van der Waals surface area contributed by atoms with E-state index >= 15 is 0 Å². The lowest BCUT2D eigenvalue weighted by Gasteiger charge is -2.14. The Kier molecular flexibility index (Phi) is 6.67. The first-order chi connectivity index (χ1) is 14.2. The number of hydrogen-bond donors (Lipinski definition) is 1. The van der Waals surface area contributed by atoms with Crippen LogP contribution < -0.4 is 9.47 Å². The molecule has 6 nitrogen and oxygen atoms in total. The van der Waals surface area contributed by atoms with Gasteiger partial charge < -0.3 is 19.3 Å². The van der Waals surface area contributed by atoms with Crippen LogP contribution in [0.15, 0.2) is 54.6 Å². The van der Waals surface area contributed by atoms with Gasteiger partial charge in [0.05, 0.1) is 19.4 Å². The van der Waals surface area contributed by atoms with Crippen molar-refractivity contribution in [1.82, 2.24) is 4.98 Å². The summed E-state index contributed by atoms with van der Waals surface area (Å²) in [5.74, 6) is 1.16. The molecule has 0 saturated carbocycles. The van der Waals surface area contributed by atoms with Crippen LogP contribution in [0.2, 0.25) is 0 Å². The number of nitriles is 1. The van der Waals surface area contributed by atoms with E-state index in [1.165, 1.54) is 0 Å². The first-order valence-electron chi connectivity index (χ1n) is 9.25. The van der Waals surface area contributed by atoms with Crippen molar-refractivity contribution in [3.63, 3.8) is 0 Å². The molecule has 0 aliphatic carbocycles. The average Bonchev–Trinajstić information content (AvgIpc) is 2.76. The largest absolute Gasteiger partial charge is 0.508 e. The molecule has 1 heterocycles. The number of phenolic OH excluding ortho intramolecular Hbond substituents is 1. The minimum absolute atomic E-state index is 0.157. The molecule has 0 atom stereocenters. The molecule has 148 valence electrons. The molecule has 0 spiro atoms. The Labute approximate surface area is 169 Å². The number of rotatable bonds is 8. The summed E-state index contributed by atoms with van der Waals surface area (Å²) in [5.41, 5.74) is 3.33. The van der Waals surface area contributed by atoms with Crippen molar-refractivity contribution in [1.29, 1.82) is 5.26 Å². The maximum absolute atomic E-state index is 9.78. The number of benzene rings is 2. The fraction of sp³-hybridized carbons (Fsp3) is 0.217. The summed E-state index contributed by atoms with van der Waals surface area (Å²) in [6, 6.07) is 18.2. The van der Waals surface area contributed by atoms with E-state index in [0.717, 1.165) is 16.9 Å². The van der Waals surface area contributed by atoms with E-state index in [2.05, 4.69) is 11.1 Å². The molecule has 3 rings (SSSR count). The van der Waals surface area contributed by atoms with Crippen LogP contribution in [0, 0.1) is 11.3 Å². The third-order valence-corrected chi connectivity index (χ3v) is 4.33. The molecule has 0 saturated heterocycles. The fourth-order valence-electron chi connectivity index (χ4n) is 2.85. The normalized spacial score (nSPS) is 10.4. The minimum Gasteiger partial charge on any atom is -0.508 e. The first-order valence-corrected chi connectivity index (χ1v) is 9.25. The molecule has 0 aliphatic heterocycles. The molecule has 3 aromatic rings. The van der Waals surface area contributed by atoms with Crippen LogP contribution in [-0.4, -0.2) is 37.0 Å². The molecule has 1 aromatic heterocycles. The van der Waals surface area contributed by atoms with Gasteiger partial charge in [-0.05, 0) is 55.0 Å². The molecular weight excluding hydrogens is 368 g/mol. The molecule has 0 amide bonds. The monoisotopic (exact) mass is 390 g/mol. The predicted octanol–water partition coefficient (Wildman–Crippen LogP) is 4.42. The van der Waals surface area contributed by atoms with E-state index in [0.29, 0.717) is 30.0 Å². The molecular formula is C23H22N2O4. The number of aromatic nitrogens is 1. The van der Waals surface area contributed by atoms with Gasteiger partial charge in [-0.25, -0.2) is 4.98 Å². The Hall–Kier alpha value is -3.56. The number of nitrogens with zero attached hydrogens (tertiary/aromatic N) is 2. The maximum atomic E-state index is 9.78. The highest BCUT2D eigenvalue weighted by Crippen LogP contribution is 2.34. The number of aromatic hydroxyl groups is 1. The summed E-state index contributed by atoms with van der Waals surface area (Å²) in [4.78, 5) is 4.58. The van der Waals surface area contributed by atoms with E-state index in [4.69, 9.17) is 14.2 Å². The van der Waals surface area contributed by atoms with Crippen molar-refractivity contribution in [3.8, 4) is 45.8 Å². The zero-order valence-corrected chi connectivity index (χ0v) is 16.4. The Balaban J connectivity index is 2.08. The summed E-state index contributed by atoms with van der Waals surface area (Å²) >= 11 is 0. The Morgan fingerprint density at radius 3 is 2.31 bits per heavy atom. The van der Waals surface area contributed by atoms with Gasteiger partial charge in [0, 0.05) is 17.7 Å². The van der Waals surface area contributed by atoms with Crippen molar-refractivity contribution in [2.75, 3.05) is 26.9 Å². The van der Waals surface area contributed by atoms with Crippen LogP contribution in [0.4, 0.5) is 0 Å². The van der Waals surface area contributed by atoms with Gasteiger partial charge in [0.25, 0.3) is 0 Å². The SMILES string of the molecule is CCOCCOc1nc(-c2ccc(OC)cc2)cc(-c2ccc(O)cc2)c1C#N. The lowest BCUT2D eigenvalue weighted by Crippen LogP contribution is -2.09. The minimum atomic E-state index is 0.157. The van der Waals surface area contributed by atoms with Crippen LogP contribution in [0.5, 0.6) is 17.4 Å². The molecule has 29 heavy (non-hydrogen) atoms. The molecule has 1 N–H and O–H groups in total. The van der Waals surface area contributed by atoms with Gasteiger partial charge in [0.1, 0.15) is 29.7 Å². The van der Waals surface area contributed by atoms with Crippen molar-refractivity contribution < 1.29 is 19.3 Å². The number of methoxy groups -OCH3 is 1. The van der Waals surface area contributed by atoms with Crippen molar-refractivity contribution >= 4 is 0 Å². The van der Waals surface area contributed by atoms with Crippen molar-refractivity contribution in [3.05, 3.63) is 60.2 Å². The van der Waals surface area contributed by atoms with E-state index in [9.17, 15) is 10.4 Å². The van der Waals surface area contributed by atoms with E-state index in [-0.39, 0.29) is 18.2 Å². The Bertz CT molecular complexity index is 993. The van der Waals surface area contributed by atoms with Crippen LogP contribution in [0.3, 0.4) is 0 Å². The smallest absolute Gasteiger partial charge is 0.232 e. The van der Waals surface area contributed by atoms with Gasteiger partial charge in [-0.2, -0.15) is 5.26 Å². The highest BCUT2D eigenvalue weighted by Gasteiger charge is 2.17.